The molecule has 2 heterocycles. The summed E-state index contributed by atoms with van der Waals surface area (Å²) in [7, 11) is 0. The molecule has 33 heavy (non-hydrogen) atoms. The Labute approximate surface area is 191 Å². The van der Waals surface area contributed by atoms with Crippen LogP contribution in [0.1, 0.15) is 18.9 Å². The van der Waals surface area contributed by atoms with Gasteiger partial charge in [0.1, 0.15) is 0 Å². The van der Waals surface area contributed by atoms with E-state index in [0.717, 1.165) is 44.8 Å². The summed E-state index contributed by atoms with van der Waals surface area (Å²) in [6, 6.07) is 15.5. The molecule has 1 fully saturated rings. The number of nitrogens with one attached hydrogen (secondary N) is 1. The van der Waals surface area contributed by atoms with E-state index in [1.54, 1.807) is 12.1 Å². The van der Waals surface area contributed by atoms with Crippen LogP contribution in [0.2, 0.25) is 0 Å². The van der Waals surface area contributed by atoms with Crippen molar-refractivity contribution < 1.29 is 9.66 Å². The lowest BCUT2D eigenvalue weighted by molar-refractivity contribution is -0.384. The highest BCUT2D eigenvalue weighted by molar-refractivity contribution is 6.03. The minimum atomic E-state index is -0.462. The first-order valence-corrected chi connectivity index (χ1v) is 11.0. The number of nitro groups is 1. The number of nitro benzene ring substituents is 1. The second-order valence-electron chi connectivity index (χ2n) is 7.92. The number of ether oxygens (including phenoxy) is 1. The van der Waals surface area contributed by atoms with Crippen molar-refractivity contribution in [3.05, 3.63) is 80.6 Å². The zero-order chi connectivity index (χ0) is 23.2. The summed E-state index contributed by atoms with van der Waals surface area (Å²) in [5.41, 5.74) is 2.97. The number of aromatic amines is 1. The largest absolute Gasteiger partial charge is 0.379 e. The van der Waals surface area contributed by atoms with Crippen LogP contribution in [0.5, 0.6) is 0 Å². The summed E-state index contributed by atoms with van der Waals surface area (Å²) in [4.78, 5) is 31.0. The van der Waals surface area contributed by atoms with E-state index in [0.29, 0.717) is 29.2 Å². The Morgan fingerprint density at radius 3 is 2.48 bits per heavy atom. The number of aromatic nitrogens is 2. The van der Waals surface area contributed by atoms with E-state index in [1.165, 1.54) is 16.8 Å². The molecular formula is C24H27N5O4. The molecule has 1 saturated heterocycles. The Hall–Kier alpha value is -3.56. The summed E-state index contributed by atoms with van der Waals surface area (Å²) < 4.78 is 6.80. The normalized spacial score (nSPS) is 15.0. The predicted octanol–water partition coefficient (Wildman–Crippen LogP) is 3.27. The molecule has 0 spiro atoms. The fourth-order valence-corrected chi connectivity index (χ4v) is 3.94. The van der Waals surface area contributed by atoms with Crippen molar-refractivity contribution in [2.24, 2.45) is 4.99 Å². The Bertz CT molecular complexity index is 1180. The number of H-pyrrole nitrogens is 1. The minimum absolute atomic E-state index is 0.0279. The number of benzene rings is 2. The van der Waals surface area contributed by atoms with Gasteiger partial charge in [0.2, 0.25) is 0 Å². The summed E-state index contributed by atoms with van der Waals surface area (Å²) in [5, 5.41) is 14.2. The van der Waals surface area contributed by atoms with Gasteiger partial charge in [-0.1, -0.05) is 30.3 Å². The van der Waals surface area contributed by atoms with Gasteiger partial charge in [-0.25, -0.2) is 4.68 Å². The van der Waals surface area contributed by atoms with Gasteiger partial charge in [0.25, 0.3) is 11.2 Å². The van der Waals surface area contributed by atoms with Crippen LogP contribution < -0.4 is 5.56 Å². The van der Waals surface area contributed by atoms with Crippen molar-refractivity contribution in [2.45, 2.75) is 13.3 Å². The second kappa shape index (κ2) is 10.4. The molecule has 0 amide bonds. The van der Waals surface area contributed by atoms with E-state index in [2.05, 4.69) is 10.00 Å². The number of morpholine rings is 1. The van der Waals surface area contributed by atoms with Crippen LogP contribution >= 0.6 is 0 Å². The summed E-state index contributed by atoms with van der Waals surface area (Å²) in [5.74, 6) is 0. The molecular weight excluding hydrogens is 422 g/mol. The fraction of sp³-hybridized carbons (Fsp3) is 0.333. The lowest BCUT2D eigenvalue weighted by Crippen LogP contribution is -2.37. The molecule has 172 valence electrons. The summed E-state index contributed by atoms with van der Waals surface area (Å²) in [6.45, 7) is 6.86. The van der Waals surface area contributed by atoms with Gasteiger partial charge in [0, 0.05) is 49.6 Å². The van der Waals surface area contributed by atoms with E-state index >= 15 is 0 Å². The maximum atomic E-state index is 13.4. The van der Waals surface area contributed by atoms with Crippen molar-refractivity contribution >= 4 is 11.4 Å². The van der Waals surface area contributed by atoms with Crippen molar-refractivity contribution in [3.63, 3.8) is 0 Å². The number of nitrogens with zero attached hydrogens (tertiary/aromatic N) is 4. The molecule has 0 radical (unpaired) electrons. The zero-order valence-corrected chi connectivity index (χ0v) is 18.6. The van der Waals surface area contributed by atoms with Gasteiger partial charge in [0.15, 0.2) is 0 Å². The lowest BCUT2D eigenvalue weighted by atomic mass is 10.1. The van der Waals surface area contributed by atoms with Crippen LogP contribution in [0.15, 0.2) is 64.4 Å². The van der Waals surface area contributed by atoms with Gasteiger partial charge in [-0.15, -0.1) is 0 Å². The molecule has 1 aliphatic heterocycles. The SMILES string of the molecule is CC(=NCCCN1CCOCC1)c1c(-c2ccccc2)[nH]n(-c2ccc([N+](=O)[O-])cc2)c1=O. The van der Waals surface area contributed by atoms with E-state index in [-0.39, 0.29) is 11.2 Å². The molecule has 0 bridgehead atoms. The Morgan fingerprint density at radius 2 is 1.82 bits per heavy atom. The first-order valence-electron chi connectivity index (χ1n) is 11.0. The fourth-order valence-electron chi connectivity index (χ4n) is 3.94. The van der Waals surface area contributed by atoms with Crippen LogP contribution in [-0.2, 0) is 4.74 Å². The van der Waals surface area contributed by atoms with Crippen LogP contribution in [0.4, 0.5) is 5.69 Å². The second-order valence-corrected chi connectivity index (χ2v) is 7.92. The maximum absolute atomic E-state index is 13.4. The van der Waals surface area contributed by atoms with E-state index in [1.807, 2.05) is 37.3 Å². The van der Waals surface area contributed by atoms with Gasteiger partial charge in [-0.05, 0) is 25.5 Å². The molecule has 9 heteroatoms. The van der Waals surface area contributed by atoms with Gasteiger partial charge in [-0.2, -0.15) is 0 Å². The quantitative estimate of drug-likeness (QED) is 0.246. The monoisotopic (exact) mass is 449 g/mol. The van der Waals surface area contributed by atoms with Gasteiger partial charge in [-0.3, -0.25) is 29.9 Å². The van der Waals surface area contributed by atoms with Crippen molar-refractivity contribution in [3.8, 4) is 16.9 Å². The molecule has 1 N–H and O–H groups in total. The molecule has 9 nitrogen and oxygen atoms in total. The lowest BCUT2D eigenvalue weighted by Gasteiger charge is -2.26. The maximum Gasteiger partial charge on any atom is 0.280 e. The van der Waals surface area contributed by atoms with Crippen LogP contribution in [0, 0.1) is 10.1 Å². The summed E-state index contributed by atoms with van der Waals surface area (Å²) in [6.07, 6.45) is 0.902. The number of hydrogen-bond acceptors (Lipinski definition) is 6. The van der Waals surface area contributed by atoms with Gasteiger partial charge >= 0.3 is 0 Å². The topological polar surface area (TPSA) is 106 Å². The average molecular weight is 450 g/mol. The summed E-state index contributed by atoms with van der Waals surface area (Å²) >= 11 is 0. The first kappa shape index (κ1) is 22.6. The first-order chi connectivity index (χ1) is 16.0. The smallest absolute Gasteiger partial charge is 0.280 e. The molecule has 0 atom stereocenters. The van der Waals surface area contributed by atoms with Crippen LogP contribution in [0.3, 0.4) is 0 Å². The number of aliphatic imine (C=N–C) groups is 1. The molecule has 2 aromatic carbocycles. The third-order valence-corrected chi connectivity index (χ3v) is 5.72. The predicted molar refractivity (Wildman–Crippen MR) is 127 cm³/mol. The third-order valence-electron chi connectivity index (χ3n) is 5.72. The van der Waals surface area contributed by atoms with Crippen molar-refractivity contribution in [2.75, 3.05) is 39.4 Å². The zero-order valence-electron chi connectivity index (χ0n) is 18.6. The molecule has 3 aromatic rings. The van der Waals surface area contributed by atoms with E-state index in [9.17, 15) is 14.9 Å². The Morgan fingerprint density at radius 1 is 1.12 bits per heavy atom. The highest BCUT2D eigenvalue weighted by Gasteiger charge is 2.19. The van der Waals surface area contributed by atoms with Crippen molar-refractivity contribution in [1.82, 2.24) is 14.7 Å². The van der Waals surface area contributed by atoms with Gasteiger partial charge in [0.05, 0.1) is 35.1 Å². The number of non-ortho nitro benzene ring substituents is 1. The minimum Gasteiger partial charge on any atom is -0.379 e. The standard InChI is InChI=1S/C24H27N5O4/c1-18(25-12-5-13-27-14-16-33-17-15-27)22-23(19-6-3-2-4-7-19)26-28(24(22)30)20-8-10-21(11-9-20)29(31)32/h2-4,6-11,26H,5,12-17H2,1H3. The molecule has 1 aliphatic rings. The molecule has 0 saturated carbocycles. The number of hydrogen-bond donors (Lipinski definition) is 1. The highest BCUT2D eigenvalue weighted by Crippen LogP contribution is 2.22. The highest BCUT2D eigenvalue weighted by atomic mass is 16.6. The van der Waals surface area contributed by atoms with Crippen molar-refractivity contribution in [1.29, 1.82) is 0 Å². The van der Waals surface area contributed by atoms with E-state index < -0.39 is 4.92 Å². The van der Waals surface area contributed by atoms with Gasteiger partial charge < -0.3 is 4.74 Å². The molecule has 0 unspecified atom stereocenters. The Kier molecular flexibility index (Phi) is 7.11. The van der Waals surface area contributed by atoms with E-state index in [4.69, 9.17) is 9.73 Å². The Balaban J connectivity index is 1.62. The van der Waals surface area contributed by atoms with Crippen LogP contribution in [0.25, 0.3) is 16.9 Å². The third kappa shape index (κ3) is 5.27. The molecule has 1 aromatic heterocycles. The van der Waals surface area contributed by atoms with Crippen LogP contribution in [-0.4, -0.2) is 64.7 Å². The average Bonchev–Trinajstić information content (AvgIpc) is 3.20. The molecule has 0 aliphatic carbocycles. The molecule has 4 rings (SSSR count). The number of rotatable bonds is 8.